The molecule has 0 atom stereocenters. The maximum absolute atomic E-state index is 12.6. The lowest BCUT2D eigenvalue weighted by Crippen LogP contribution is -2.16. The number of hydrogen-bond donors (Lipinski definition) is 2. The number of carbonyl (C=O) groups is 1. The van der Waals surface area contributed by atoms with E-state index in [4.69, 9.17) is 0 Å². The van der Waals surface area contributed by atoms with Crippen molar-refractivity contribution >= 4 is 55.6 Å². The van der Waals surface area contributed by atoms with Crippen LogP contribution in [0.15, 0.2) is 77.7 Å². The molecule has 148 valence electrons. The number of rotatable bonds is 6. The van der Waals surface area contributed by atoms with Crippen LogP contribution in [0.2, 0.25) is 0 Å². The zero-order valence-electron chi connectivity index (χ0n) is 14.7. The highest BCUT2D eigenvalue weighted by Crippen LogP contribution is 2.24. The third-order valence-electron chi connectivity index (χ3n) is 3.85. The number of nitrogens with one attached hydrogen (secondary N) is 2. The highest BCUT2D eigenvalue weighted by molar-refractivity contribution is 14.1. The van der Waals surface area contributed by atoms with Crippen molar-refractivity contribution in [2.45, 2.75) is 4.90 Å². The molecule has 29 heavy (non-hydrogen) atoms. The molecule has 10 heteroatoms. The van der Waals surface area contributed by atoms with Crippen molar-refractivity contribution < 1.29 is 18.1 Å². The molecule has 2 N–H and O–H groups in total. The fraction of sp³-hybridized carbons (Fsp3) is 0. The summed E-state index contributed by atoms with van der Waals surface area (Å²) in [6.45, 7) is 0. The van der Waals surface area contributed by atoms with Gasteiger partial charge in [0.1, 0.15) is 5.69 Å². The molecule has 0 bridgehead atoms. The van der Waals surface area contributed by atoms with Gasteiger partial charge in [0.2, 0.25) is 0 Å². The van der Waals surface area contributed by atoms with Gasteiger partial charge < -0.3 is 5.32 Å². The molecule has 0 saturated heterocycles. The molecule has 0 aliphatic rings. The molecule has 3 rings (SSSR count). The van der Waals surface area contributed by atoms with E-state index in [1.54, 1.807) is 30.3 Å². The van der Waals surface area contributed by atoms with Gasteiger partial charge in [-0.2, -0.15) is 0 Å². The average Bonchev–Trinajstić information content (AvgIpc) is 2.70. The highest BCUT2D eigenvalue weighted by atomic mass is 127. The van der Waals surface area contributed by atoms with E-state index in [9.17, 15) is 23.3 Å². The van der Waals surface area contributed by atoms with Crippen molar-refractivity contribution in [3.05, 3.63) is 92.0 Å². The first-order valence-electron chi connectivity index (χ1n) is 8.19. The number of benzene rings is 3. The van der Waals surface area contributed by atoms with Gasteiger partial charge in [0.25, 0.3) is 21.6 Å². The Morgan fingerprint density at radius 2 is 1.66 bits per heavy atom. The van der Waals surface area contributed by atoms with Crippen LogP contribution in [0.25, 0.3) is 0 Å². The van der Waals surface area contributed by atoms with Crippen LogP contribution in [0.4, 0.5) is 17.1 Å². The molecule has 3 aromatic rings. The maximum Gasteiger partial charge on any atom is 0.292 e. The average molecular weight is 523 g/mol. The van der Waals surface area contributed by atoms with Gasteiger partial charge in [-0.05, 0) is 71.1 Å². The molecule has 0 unspecified atom stereocenters. The van der Waals surface area contributed by atoms with Gasteiger partial charge in [-0.25, -0.2) is 8.42 Å². The number of amides is 1. The molecular weight excluding hydrogens is 509 g/mol. The summed E-state index contributed by atoms with van der Waals surface area (Å²) in [6, 6.07) is 17.9. The second-order valence-electron chi connectivity index (χ2n) is 5.87. The lowest BCUT2D eigenvalue weighted by Gasteiger charge is -2.10. The van der Waals surface area contributed by atoms with Crippen LogP contribution >= 0.6 is 22.6 Å². The van der Waals surface area contributed by atoms with Crippen molar-refractivity contribution in [1.82, 2.24) is 0 Å². The molecule has 0 radical (unpaired) electrons. The minimum Gasteiger partial charge on any atom is -0.316 e. The fourth-order valence-corrected chi connectivity index (χ4v) is 3.93. The van der Waals surface area contributed by atoms with Gasteiger partial charge in [0.15, 0.2) is 0 Å². The zero-order chi connectivity index (χ0) is 21.0. The van der Waals surface area contributed by atoms with E-state index >= 15 is 0 Å². The monoisotopic (exact) mass is 523 g/mol. The number of carbonyl (C=O) groups excluding carboxylic acids is 1. The Labute approximate surface area is 180 Å². The van der Waals surface area contributed by atoms with Crippen molar-refractivity contribution in [2.24, 2.45) is 0 Å². The SMILES string of the molecule is O=C(Nc1ccccc1[N+](=O)[O-])c1cccc(S(=O)(=O)Nc2ccc(I)cc2)c1. The maximum atomic E-state index is 12.6. The molecule has 0 saturated carbocycles. The molecule has 0 aliphatic heterocycles. The first-order valence-corrected chi connectivity index (χ1v) is 10.8. The Bertz CT molecular complexity index is 1180. The van der Waals surface area contributed by atoms with Crippen LogP contribution in [-0.2, 0) is 10.0 Å². The van der Waals surface area contributed by atoms with E-state index in [1.165, 1.54) is 42.5 Å². The number of halogens is 1. The first-order chi connectivity index (χ1) is 13.8. The Hall–Kier alpha value is -2.99. The molecular formula is C19H14IN3O5S. The molecule has 0 fully saturated rings. The van der Waals surface area contributed by atoms with Crippen molar-refractivity contribution in [3.8, 4) is 0 Å². The standard InChI is InChI=1S/C19H14IN3O5S/c20-14-8-10-15(11-9-14)22-29(27,28)16-5-3-4-13(12-16)19(24)21-17-6-1-2-7-18(17)23(25)26/h1-12,22H,(H,21,24). The van der Waals surface area contributed by atoms with E-state index in [1.807, 2.05) is 0 Å². The largest absolute Gasteiger partial charge is 0.316 e. The third-order valence-corrected chi connectivity index (χ3v) is 5.95. The summed E-state index contributed by atoms with van der Waals surface area (Å²) in [4.78, 5) is 22.9. The van der Waals surface area contributed by atoms with Crippen molar-refractivity contribution in [1.29, 1.82) is 0 Å². The number of nitrogens with zero attached hydrogens (tertiary/aromatic N) is 1. The van der Waals surface area contributed by atoms with Crippen LogP contribution in [0.5, 0.6) is 0 Å². The quantitative estimate of drug-likeness (QED) is 0.285. The number of nitro benzene ring substituents is 1. The minimum absolute atomic E-state index is 0.0211. The van der Waals surface area contributed by atoms with E-state index in [0.29, 0.717) is 5.69 Å². The van der Waals surface area contributed by atoms with Crippen molar-refractivity contribution in [3.63, 3.8) is 0 Å². The van der Waals surface area contributed by atoms with Gasteiger partial charge >= 0.3 is 0 Å². The lowest BCUT2D eigenvalue weighted by molar-refractivity contribution is -0.383. The summed E-state index contributed by atoms with van der Waals surface area (Å²) in [5, 5.41) is 13.5. The van der Waals surface area contributed by atoms with Crippen LogP contribution in [-0.4, -0.2) is 19.2 Å². The summed E-state index contributed by atoms with van der Waals surface area (Å²) in [5.41, 5.74) is 0.201. The van der Waals surface area contributed by atoms with Crippen molar-refractivity contribution in [2.75, 3.05) is 10.0 Å². The molecule has 3 aromatic carbocycles. The predicted molar refractivity (Wildman–Crippen MR) is 117 cm³/mol. The van der Waals surface area contributed by atoms with E-state index in [-0.39, 0.29) is 21.8 Å². The Morgan fingerprint density at radius 1 is 0.966 bits per heavy atom. The third kappa shape index (κ3) is 5.09. The summed E-state index contributed by atoms with van der Waals surface area (Å²) in [7, 11) is -3.92. The normalized spacial score (nSPS) is 10.9. The second kappa shape index (κ2) is 8.57. The Kier molecular flexibility index (Phi) is 6.13. The molecule has 0 aromatic heterocycles. The highest BCUT2D eigenvalue weighted by Gasteiger charge is 2.19. The Balaban J connectivity index is 1.84. The molecule has 0 heterocycles. The molecule has 0 aliphatic carbocycles. The smallest absolute Gasteiger partial charge is 0.292 e. The molecule has 0 spiro atoms. The molecule has 8 nitrogen and oxygen atoms in total. The number of sulfonamides is 1. The predicted octanol–water partition coefficient (Wildman–Crippen LogP) is 4.25. The number of anilines is 2. The topological polar surface area (TPSA) is 118 Å². The number of para-hydroxylation sites is 2. The second-order valence-corrected chi connectivity index (χ2v) is 8.80. The summed E-state index contributed by atoms with van der Waals surface area (Å²) in [6.07, 6.45) is 0. The van der Waals surface area contributed by atoms with Crippen LogP contribution in [0.1, 0.15) is 10.4 Å². The van der Waals surface area contributed by atoms with E-state index < -0.39 is 20.9 Å². The van der Waals surface area contributed by atoms with Gasteiger partial charge in [-0.15, -0.1) is 0 Å². The Morgan fingerprint density at radius 3 is 2.34 bits per heavy atom. The summed E-state index contributed by atoms with van der Waals surface area (Å²) in [5.74, 6) is -0.661. The van der Waals surface area contributed by atoms with Gasteiger partial charge in [0.05, 0.1) is 9.82 Å². The van der Waals surface area contributed by atoms with Gasteiger partial charge in [0, 0.05) is 20.9 Å². The fourth-order valence-electron chi connectivity index (χ4n) is 2.47. The van der Waals surface area contributed by atoms with Crippen LogP contribution in [0, 0.1) is 13.7 Å². The van der Waals surface area contributed by atoms with E-state index in [0.717, 1.165) is 3.57 Å². The number of nitro groups is 1. The lowest BCUT2D eigenvalue weighted by atomic mass is 10.2. The minimum atomic E-state index is -3.92. The van der Waals surface area contributed by atoms with E-state index in [2.05, 4.69) is 32.6 Å². The molecule has 1 amide bonds. The van der Waals surface area contributed by atoms with Crippen LogP contribution < -0.4 is 10.0 Å². The number of hydrogen-bond acceptors (Lipinski definition) is 5. The van der Waals surface area contributed by atoms with Gasteiger partial charge in [-0.3, -0.25) is 19.6 Å². The van der Waals surface area contributed by atoms with Gasteiger partial charge in [-0.1, -0.05) is 18.2 Å². The zero-order valence-corrected chi connectivity index (χ0v) is 17.7. The van der Waals surface area contributed by atoms with Crippen LogP contribution in [0.3, 0.4) is 0 Å². The summed E-state index contributed by atoms with van der Waals surface area (Å²) >= 11 is 2.11. The summed E-state index contributed by atoms with van der Waals surface area (Å²) < 4.78 is 28.7. The first kappa shape index (κ1) is 20.7.